The van der Waals surface area contributed by atoms with Gasteiger partial charge in [-0.05, 0) is 6.42 Å². The fraction of sp³-hybridized carbons (Fsp3) is 1.00. The molecule has 0 bridgehead atoms. The molecule has 0 aromatic rings. The first kappa shape index (κ1) is 10.9. The molecule has 3 heteroatoms. The molecule has 0 aliphatic rings. The zero-order valence-corrected chi connectivity index (χ0v) is 7.50. The van der Waals surface area contributed by atoms with Crippen LogP contribution in [0.25, 0.3) is 0 Å². The van der Waals surface area contributed by atoms with Crippen LogP contribution in [0.4, 0.5) is 0 Å². The van der Waals surface area contributed by atoms with E-state index in [1.807, 2.05) is 6.92 Å². The zero-order valence-electron chi connectivity index (χ0n) is 7.50. The largest absolute Gasteiger partial charge is 0.396 e. The quantitative estimate of drug-likeness (QED) is 0.586. The summed E-state index contributed by atoms with van der Waals surface area (Å²) in [4.78, 5) is 0. The third kappa shape index (κ3) is 3.70. The summed E-state index contributed by atoms with van der Waals surface area (Å²) in [6.45, 7) is 5.95. The Labute approximate surface area is 68.0 Å². The van der Waals surface area contributed by atoms with Crippen LogP contribution in [0, 0.1) is 5.41 Å². The zero-order chi connectivity index (χ0) is 8.91. The van der Waals surface area contributed by atoms with Crippen LogP contribution in [-0.2, 0) is 4.74 Å². The maximum atomic E-state index is 9.33. The van der Waals surface area contributed by atoms with Gasteiger partial charge in [0.05, 0.1) is 6.61 Å². The Hall–Kier alpha value is -0.120. The summed E-state index contributed by atoms with van der Waals surface area (Å²) in [5, 5.41) is 18.1. The Bertz CT molecular complexity index is 102. The van der Waals surface area contributed by atoms with Crippen molar-refractivity contribution in [3.8, 4) is 0 Å². The first-order chi connectivity index (χ1) is 5.04. The van der Waals surface area contributed by atoms with Crippen LogP contribution in [-0.4, -0.2) is 29.7 Å². The summed E-state index contributed by atoms with van der Waals surface area (Å²) in [6.07, 6.45) is 0.00548. The van der Waals surface area contributed by atoms with E-state index < -0.39 is 11.7 Å². The molecule has 0 aromatic heterocycles. The molecule has 1 unspecified atom stereocenters. The lowest BCUT2D eigenvalue weighted by atomic mass is 9.94. The highest BCUT2D eigenvalue weighted by atomic mass is 16.6. The molecule has 0 aliphatic heterocycles. The molecule has 0 radical (unpaired) electrons. The van der Waals surface area contributed by atoms with Gasteiger partial charge in [0.15, 0.2) is 6.29 Å². The molecule has 11 heavy (non-hydrogen) atoms. The number of ether oxygens (including phenoxy) is 1. The van der Waals surface area contributed by atoms with E-state index in [0.717, 1.165) is 6.42 Å². The van der Waals surface area contributed by atoms with Gasteiger partial charge in [-0.2, -0.15) is 0 Å². The molecule has 0 aliphatic carbocycles. The van der Waals surface area contributed by atoms with Crippen molar-refractivity contribution < 1.29 is 14.9 Å². The summed E-state index contributed by atoms with van der Waals surface area (Å²) in [5.74, 6) is 0. The lowest BCUT2D eigenvalue weighted by Gasteiger charge is -2.27. The second kappa shape index (κ2) is 4.70. The molecule has 68 valence electrons. The lowest BCUT2D eigenvalue weighted by molar-refractivity contribution is -0.175. The molecule has 0 fully saturated rings. The molecule has 0 amide bonds. The topological polar surface area (TPSA) is 49.7 Å². The van der Waals surface area contributed by atoms with Gasteiger partial charge in [0.25, 0.3) is 0 Å². The first-order valence-electron chi connectivity index (χ1n) is 3.95. The number of rotatable bonds is 5. The molecule has 0 saturated heterocycles. The summed E-state index contributed by atoms with van der Waals surface area (Å²) in [6, 6.07) is 0. The molecule has 0 aromatic carbocycles. The molecular formula is C8H18O3. The minimum atomic E-state index is -0.868. The average Bonchev–Trinajstić information content (AvgIpc) is 2.00. The normalized spacial score (nSPS) is 15.0. The highest BCUT2D eigenvalue weighted by Gasteiger charge is 2.27. The molecule has 0 saturated carbocycles. The Balaban J connectivity index is 3.71. The van der Waals surface area contributed by atoms with Crippen molar-refractivity contribution in [1.82, 2.24) is 0 Å². The molecular weight excluding hydrogens is 144 g/mol. The smallest absolute Gasteiger partial charge is 0.161 e. The van der Waals surface area contributed by atoms with Crippen molar-refractivity contribution in [2.24, 2.45) is 5.41 Å². The van der Waals surface area contributed by atoms with Crippen LogP contribution in [0.5, 0.6) is 0 Å². The highest BCUT2D eigenvalue weighted by Crippen LogP contribution is 2.20. The predicted octanol–water partition coefficient (Wildman–Crippen LogP) is 0.750. The third-order valence-corrected chi connectivity index (χ3v) is 1.56. The van der Waals surface area contributed by atoms with E-state index >= 15 is 0 Å². The van der Waals surface area contributed by atoms with Gasteiger partial charge in [0.2, 0.25) is 0 Å². The van der Waals surface area contributed by atoms with E-state index in [-0.39, 0.29) is 6.61 Å². The van der Waals surface area contributed by atoms with E-state index in [0.29, 0.717) is 6.61 Å². The van der Waals surface area contributed by atoms with Crippen LogP contribution in [0.3, 0.4) is 0 Å². The maximum absolute atomic E-state index is 9.33. The first-order valence-corrected chi connectivity index (χ1v) is 3.95. The number of aliphatic hydroxyl groups excluding tert-OH is 2. The van der Waals surface area contributed by atoms with Gasteiger partial charge in [0.1, 0.15) is 0 Å². The summed E-state index contributed by atoms with van der Waals surface area (Å²) in [5.41, 5.74) is -0.560. The summed E-state index contributed by atoms with van der Waals surface area (Å²) in [7, 11) is 0. The fourth-order valence-electron chi connectivity index (χ4n) is 0.533. The third-order valence-electron chi connectivity index (χ3n) is 1.56. The Morgan fingerprint density at radius 1 is 1.45 bits per heavy atom. The van der Waals surface area contributed by atoms with Crippen LogP contribution in [0.2, 0.25) is 0 Å². The van der Waals surface area contributed by atoms with E-state index in [4.69, 9.17) is 9.84 Å². The standard InChI is InChI=1S/C8H18O3/c1-4-5-11-7(10)8(2,3)6-9/h7,9-10H,4-6H2,1-3H3. The highest BCUT2D eigenvalue weighted by molar-refractivity contribution is 4.69. The molecule has 0 spiro atoms. The molecule has 3 nitrogen and oxygen atoms in total. The Morgan fingerprint density at radius 3 is 2.36 bits per heavy atom. The average molecular weight is 162 g/mol. The maximum Gasteiger partial charge on any atom is 0.161 e. The van der Waals surface area contributed by atoms with E-state index in [9.17, 15) is 5.11 Å². The second-order valence-electron chi connectivity index (χ2n) is 3.37. The van der Waals surface area contributed by atoms with Crippen molar-refractivity contribution in [3.05, 3.63) is 0 Å². The van der Waals surface area contributed by atoms with Crippen molar-refractivity contribution in [2.75, 3.05) is 13.2 Å². The Morgan fingerprint density at radius 2 is 2.00 bits per heavy atom. The number of aliphatic hydroxyl groups is 2. The Kier molecular flexibility index (Phi) is 4.65. The fourth-order valence-corrected chi connectivity index (χ4v) is 0.533. The van der Waals surface area contributed by atoms with Crippen LogP contribution < -0.4 is 0 Å². The van der Waals surface area contributed by atoms with Crippen molar-refractivity contribution >= 4 is 0 Å². The van der Waals surface area contributed by atoms with Crippen LogP contribution in [0.15, 0.2) is 0 Å². The van der Waals surface area contributed by atoms with Gasteiger partial charge in [0, 0.05) is 12.0 Å². The molecule has 2 N–H and O–H groups in total. The van der Waals surface area contributed by atoms with Gasteiger partial charge in [-0.15, -0.1) is 0 Å². The van der Waals surface area contributed by atoms with Gasteiger partial charge in [-0.1, -0.05) is 20.8 Å². The van der Waals surface area contributed by atoms with Crippen LogP contribution in [0.1, 0.15) is 27.2 Å². The SMILES string of the molecule is CCCOC(O)C(C)(C)CO. The van der Waals surface area contributed by atoms with Crippen molar-refractivity contribution in [1.29, 1.82) is 0 Å². The summed E-state index contributed by atoms with van der Waals surface area (Å²) < 4.78 is 5.04. The molecule has 0 heterocycles. The monoisotopic (exact) mass is 162 g/mol. The summed E-state index contributed by atoms with van der Waals surface area (Å²) >= 11 is 0. The number of hydrogen-bond donors (Lipinski definition) is 2. The van der Waals surface area contributed by atoms with E-state index in [2.05, 4.69) is 0 Å². The van der Waals surface area contributed by atoms with Crippen LogP contribution >= 0.6 is 0 Å². The van der Waals surface area contributed by atoms with Crippen molar-refractivity contribution in [2.45, 2.75) is 33.5 Å². The minimum Gasteiger partial charge on any atom is -0.396 e. The van der Waals surface area contributed by atoms with E-state index in [1.165, 1.54) is 0 Å². The molecule has 0 rings (SSSR count). The van der Waals surface area contributed by atoms with Gasteiger partial charge in [-0.3, -0.25) is 0 Å². The predicted molar refractivity (Wildman–Crippen MR) is 43.1 cm³/mol. The lowest BCUT2D eigenvalue weighted by Crippen LogP contribution is -2.35. The second-order valence-corrected chi connectivity index (χ2v) is 3.37. The van der Waals surface area contributed by atoms with Gasteiger partial charge >= 0.3 is 0 Å². The molecule has 1 atom stereocenters. The minimum absolute atomic E-state index is 0.0715. The van der Waals surface area contributed by atoms with Crippen molar-refractivity contribution in [3.63, 3.8) is 0 Å². The number of hydrogen-bond acceptors (Lipinski definition) is 3. The van der Waals surface area contributed by atoms with Gasteiger partial charge < -0.3 is 14.9 Å². The van der Waals surface area contributed by atoms with E-state index in [1.54, 1.807) is 13.8 Å². The van der Waals surface area contributed by atoms with Gasteiger partial charge in [-0.25, -0.2) is 0 Å².